The lowest BCUT2D eigenvalue weighted by atomic mass is 9.97. The first kappa shape index (κ1) is 28.2. The van der Waals surface area contributed by atoms with Crippen LogP contribution in [0.25, 0.3) is 5.69 Å². The van der Waals surface area contributed by atoms with Gasteiger partial charge < -0.3 is 19.8 Å². The van der Waals surface area contributed by atoms with Gasteiger partial charge in [-0.2, -0.15) is 19.6 Å². The first-order chi connectivity index (χ1) is 16.5. The van der Waals surface area contributed by atoms with E-state index in [0.29, 0.717) is 29.2 Å². The molecule has 0 spiro atoms. The molecular formula is C22H26Cl3N7O3. The molecule has 2 N–H and O–H groups in total. The van der Waals surface area contributed by atoms with E-state index in [1.54, 1.807) is 0 Å². The van der Waals surface area contributed by atoms with Crippen molar-refractivity contribution in [3.8, 4) is 23.8 Å². The monoisotopic (exact) mass is 541 g/mol. The van der Waals surface area contributed by atoms with Crippen molar-refractivity contribution in [2.75, 3.05) is 30.3 Å². The molecule has 1 aromatic carbocycles. The quantitative estimate of drug-likeness (QED) is 0.404. The summed E-state index contributed by atoms with van der Waals surface area (Å²) in [5.41, 5.74) is -0.103. The largest absolute Gasteiger partial charge is 0.479 e. The van der Waals surface area contributed by atoms with Gasteiger partial charge in [0, 0.05) is 24.6 Å². The summed E-state index contributed by atoms with van der Waals surface area (Å²) in [6, 6.07) is 2.96. The summed E-state index contributed by atoms with van der Waals surface area (Å²) in [6.07, 6.45) is 5.15. The summed E-state index contributed by atoms with van der Waals surface area (Å²) >= 11 is 17.9. The Balaban J connectivity index is 0.000000283. The summed E-state index contributed by atoms with van der Waals surface area (Å²) in [5, 5.41) is 10.8. The van der Waals surface area contributed by atoms with Crippen LogP contribution in [-0.2, 0) is 5.41 Å². The number of benzene rings is 1. The number of anilines is 2. The Kier molecular flexibility index (Phi) is 10.2. The van der Waals surface area contributed by atoms with Crippen molar-refractivity contribution in [3.63, 3.8) is 0 Å². The summed E-state index contributed by atoms with van der Waals surface area (Å²) < 4.78 is 11.6. The van der Waals surface area contributed by atoms with E-state index in [1.807, 2.05) is 34.6 Å². The maximum atomic E-state index is 12.0. The van der Waals surface area contributed by atoms with E-state index in [1.165, 1.54) is 12.1 Å². The number of terminal acetylenes is 1. The van der Waals surface area contributed by atoms with Crippen molar-refractivity contribution in [2.45, 2.75) is 40.0 Å². The smallest absolute Gasteiger partial charge is 0.442 e. The van der Waals surface area contributed by atoms with Crippen LogP contribution in [0.3, 0.4) is 0 Å². The minimum atomic E-state index is -0.642. The maximum absolute atomic E-state index is 12.0. The fourth-order valence-electron chi connectivity index (χ4n) is 2.47. The van der Waals surface area contributed by atoms with Gasteiger partial charge in [0.1, 0.15) is 12.4 Å². The second-order valence-electron chi connectivity index (χ2n) is 7.87. The number of halogens is 3. The average Bonchev–Trinajstić information content (AvgIpc) is 3.16. The van der Waals surface area contributed by atoms with Crippen LogP contribution in [0.15, 0.2) is 21.3 Å². The molecule has 10 nitrogen and oxygen atoms in total. The first-order valence-corrected chi connectivity index (χ1v) is 11.7. The molecule has 0 atom stereocenters. The summed E-state index contributed by atoms with van der Waals surface area (Å²) in [6.45, 7) is 11.1. The van der Waals surface area contributed by atoms with Crippen LogP contribution in [0.5, 0.6) is 5.75 Å². The van der Waals surface area contributed by atoms with E-state index in [0.717, 1.165) is 17.8 Å². The summed E-state index contributed by atoms with van der Waals surface area (Å²) in [4.78, 5) is 23.9. The van der Waals surface area contributed by atoms with Crippen molar-refractivity contribution in [1.82, 2.24) is 24.7 Å². The number of nitrogens with one attached hydrogen (secondary N) is 2. The molecule has 0 aliphatic rings. The SMILES string of the molecule is C#CCOc1cc(-n2nc(C(C)(C)C)oc2=O)c(Cl)cc1Cl.CCNc1nc(Cl)nc(NCC)n1. The molecule has 0 bridgehead atoms. The van der Waals surface area contributed by atoms with Crippen LogP contribution < -0.4 is 21.1 Å². The molecule has 2 heterocycles. The van der Waals surface area contributed by atoms with Crippen LogP contribution in [0.2, 0.25) is 15.3 Å². The summed E-state index contributed by atoms with van der Waals surface area (Å²) in [5.74, 6) is 3.30. The van der Waals surface area contributed by atoms with Gasteiger partial charge >= 0.3 is 5.76 Å². The van der Waals surface area contributed by atoms with Crippen molar-refractivity contribution >= 4 is 46.7 Å². The molecule has 0 aliphatic carbocycles. The molecule has 3 rings (SSSR count). The van der Waals surface area contributed by atoms with Crippen molar-refractivity contribution in [3.05, 3.63) is 43.9 Å². The zero-order valence-corrected chi connectivity index (χ0v) is 22.2. The number of ether oxygens (including phenoxy) is 1. The van der Waals surface area contributed by atoms with Crippen LogP contribution >= 0.6 is 34.8 Å². The van der Waals surface area contributed by atoms with Gasteiger partial charge in [0.25, 0.3) is 0 Å². The lowest BCUT2D eigenvalue weighted by molar-refractivity contribution is 0.370. The average molecular weight is 543 g/mol. The van der Waals surface area contributed by atoms with Crippen LogP contribution in [-0.4, -0.2) is 44.4 Å². The second kappa shape index (κ2) is 12.6. The molecule has 188 valence electrons. The maximum Gasteiger partial charge on any atom is 0.442 e. The molecular weight excluding hydrogens is 517 g/mol. The highest BCUT2D eigenvalue weighted by Gasteiger charge is 2.24. The lowest BCUT2D eigenvalue weighted by Crippen LogP contribution is -2.15. The number of hydrogen-bond acceptors (Lipinski definition) is 9. The van der Waals surface area contributed by atoms with E-state index >= 15 is 0 Å². The predicted molar refractivity (Wildman–Crippen MR) is 138 cm³/mol. The summed E-state index contributed by atoms with van der Waals surface area (Å²) in [7, 11) is 0. The Morgan fingerprint density at radius 1 is 1.06 bits per heavy atom. The number of aromatic nitrogens is 5. The molecule has 13 heteroatoms. The van der Waals surface area contributed by atoms with E-state index in [2.05, 4.69) is 36.6 Å². The molecule has 0 aliphatic heterocycles. The molecule has 0 fully saturated rings. The van der Waals surface area contributed by atoms with E-state index < -0.39 is 11.2 Å². The van der Waals surface area contributed by atoms with E-state index in [9.17, 15) is 4.79 Å². The first-order valence-electron chi connectivity index (χ1n) is 10.6. The molecule has 0 radical (unpaired) electrons. The Hall–Kier alpha value is -3.00. The highest BCUT2D eigenvalue weighted by molar-refractivity contribution is 6.36. The standard InChI is InChI=1S/C15H14Cl2N2O3.C7H12ClN5/c1-5-6-21-12-8-11(9(16)7-10(12)17)19-14(20)22-13(18-19)15(2,3)4;1-3-9-6-11-5(8)12-7(13-6)10-4-2/h1,7-8H,6H2,2-4H3;3-4H2,1-2H3,(H2,9,10,11,12,13). The van der Waals surface area contributed by atoms with Gasteiger partial charge in [-0.3, -0.25) is 0 Å². The fraction of sp³-hybridized carbons (Fsp3) is 0.409. The number of hydrogen-bond donors (Lipinski definition) is 2. The highest BCUT2D eigenvalue weighted by atomic mass is 35.5. The number of nitrogens with zero attached hydrogens (tertiary/aromatic N) is 5. The molecule has 0 amide bonds. The minimum Gasteiger partial charge on any atom is -0.479 e. The molecule has 0 saturated heterocycles. The third-order valence-corrected chi connectivity index (χ3v) is 4.77. The fourth-order valence-corrected chi connectivity index (χ4v) is 3.15. The van der Waals surface area contributed by atoms with Crippen LogP contribution in [0.4, 0.5) is 11.9 Å². The third kappa shape index (κ3) is 8.02. The molecule has 0 unspecified atom stereocenters. The predicted octanol–water partition coefficient (Wildman–Crippen LogP) is 4.83. The zero-order valence-electron chi connectivity index (χ0n) is 19.9. The number of rotatable bonds is 7. The Morgan fingerprint density at radius 2 is 1.66 bits per heavy atom. The molecule has 0 saturated carbocycles. The van der Waals surface area contributed by atoms with E-state index in [-0.39, 0.29) is 21.9 Å². The third-order valence-electron chi connectivity index (χ3n) is 4.01. The van der Waals surface area contributed by atoms with Gasteiger partial charge in [-0.15, -0.1) is 11.5 Å². The van der Waals surface area contributed by atoms with Crippen molar-refractivity contribution < 1.29 is 9.15 Å². The Bertz CT molecular complexity index is 1220. The highest BCUT2D eigenvalue weighted by Crippen LogP contribution is 2.33. The lowest BCUT2D eigenvalue weighted by Gasteiger charge is -2.11. The second-order valence-corrected chi connectivity index (χ2v) is 9.03. The Morgan fingerprint density at radius 3 is 2.14 bits per heavy atom. The van der Waals surface area contributed by atoms with E-state index in [4.69, 9.17) is 50.4 Å². The van der Waals surface area contributed by atoms with Crippen molar-refractivity contribution in [2.24, 2.45) is 0 Å². The van der Waals surface area contributed by atoms with Gasteiger partial charge in [0.05, 0.1) is 15.7 Å². The van der Waals surface area contributed by atoms with Crippen LogP contribution in [0.1, 0.15) is 40.5 Å². The van der Waals surface area contributed by atoms with Gasteiger partial charge in [-0.1, -0.05) is 49.9 Å². The molecule has 2 aromatic heterocycles. The van der Waals surface area contributed by atoms with Gasteiger partial charge in [0.15, 0.2) is 0 Å². The van der Waals surface area contributed by atoms with Gasteiger partial charge in [-0.25, -0.2) is 4.79 Å². The van der Waals surface area contributed by atoms with Crippen LogP contribution in [0, 0.1) is 12.3 Å². The van der Waals surface area contributed by atoms with Crippen molar-refractivity contribution in [1.29, 1.82) is 0 Å². The normalized spacial score (nSPS) is 10.7. The van der Waals surface area contributed by atoms with Gasteiger partial charge in [-0.05, 0) is 31.5 Å². The Labute approximate surface area is 218 Å². The van der Waals surface area contributed by atoms with Gasteiger partial charge in [0.2, 0.25) is 23.1 Å². The minimum absolute atomic E-state index is 0.0434. The zero-order chi connectivity index (χ0) is 26.2. The topological polar surface area (TPSA) is 120 Å². The molecule has 35 heavy (non-hydrogen) atoms. The molecule has 3 aromatic rings.